The van der Waals surface area contributed by atoms with E-state index in [0.717, 1.165) is 5.69 Å². The standard InChI is InChI=1S/C19H18Cl2N4O3/c1-11-5-23-15(6-22-11)17(27)25-19-8-18(9-19,10-19)24-16(26)7-28-12-2-3-13(20)14(21)4-12/h2-6H,7-10H2,1H3,(H,24,26)(H,25,27). The lowest BCUT2D eigenvalue weighted by atomic mass is 9.44. The summed E-state index contributed by atoms with van der Waals surface area (Å²) in [4.78, 5) is 32.6. The van der Waals surface area contributed by atoms with Crippen molar-refractivity contribution in [3.8, 4) is 5.75 Å². The Morgan fingerprint density at radius 1 is 1.07 bits per heavy atom. The maximum Gasteiger partial charge on any atom is 0.271 e. The van der Waals surface area contributed by atoms with Gasteiger partial charge in [-0.25, -0.2) is 4.98 Å². The number of hydrogen-bond donors (Lipinski definition) is 2. The van der Waals surface area contributed by atoms with Crippen LogP contribution in [-0.4, -0.2) is 39.5 Å². The quantitative estimate of drug-likeness (QED) is 0.748. The number of nitrogens with zero attached hydrogens (tertiary/aromatic N) is 2. The Kier molecular flexibility index (Phi) is 4.67. The van der Waals surface area contributed by atoms with Crippen LogP contribution >= 0.6 is 23.2 Å². The summed E-state index contributed by atoms with van der Waals surface area (Å²) in [6.07, 6.45) is 5.12. The van der Waals surface area contributed by atoms with Crippen LogP contribution in [0.25, 0.3) is 0 Å². The molecule has 5 rings (SSSR count). The number of amides is 2. The molecule has 0 spiro atoms. The second-order valence-corrected chi connectivity index (χ2v) is 8.32. The molecule has 28 heavy (non-hydrogen) atoms. The molecule has 7 nitrogen and oxygen atoms in total. The van der Waals surface area contributed by atoms with Crippen molar-refractivity contribution >= 4 is 35.0 Å². The van der Waals surface area contributed by atoms with Crippen LogP contribution in [0, 0.1) is 6.92 Å². The number of carbonyl (C=O) groups is 2. The van der Waals surface area contributed by atoms with Gasteiger partial charge in [0.2, 0.25) is 0 Å². The molecular formula is C19H18Cl2N4O3. The van der Waals surface area contributed by atoms with Gasteiger partial charge < -0.3 is 15.4 Å². The van der Waals surface area contributed by atoms with E-state index >= 15 is 0 Å². The maximum atomic E-state index is 12.3. The smallest absolute Gasteiger partial charge is 0.271 e. The summed E-state index contributed by atoms with van der Waals surface area (Å²) >= 11 is 11.8. The summed E-state index contributed by atoms with van der Waals surface area (Å²) in [6, 6.07) is 4.83. The third-order valence-corrected chi connectivity index (χ3v) is 5.83. The molecule has 3 aliphatic rings. The molecule has 1 aromatic heterocycles. The SMILES string of the molecule is Cc1cnc(C(=O)NC23CC(NC(=O)COc4ccc(Cl)c(Cl)c4)(C2)C3)cn1. The topological polar surface area (TPSA) is 93.2 Å². The Bertz CT molecular complexity index is 929. The Balaban J connectivity index is 1.24. The highest BCUT2D eigenvalue weighted by atomic mass is 35.5. The first-order chi connectivity index (χ1) is 13.3. The van der Waals surface area contributed by atoms with Gasteiger partial charge in [0.15, 0.2) is 6.61 Å². The highest BCUT2D eigenvalue weighted by molar-refractivity contribution is 6.42. The van der Waals surface area contributed by atoms with Gasteiger partial charge in [0.1, 0.15) is 11.4 Å². The first kappa shape index (κ1) is 19.0. The van der Waals surface area contributed by atoms with Crippen LogP contribution in [0.2, 0.25) is 10.0 Å². The highest BCUT2D eigenvalue weighted by Crippen LogP contribution is 2.60. The summed E-state index contributed by atoms with van der Waals surface area (Å²) in [5.41, 5.74) is 0.529. The van der Waals surface area contributed by atoms with E-state index in [-0.39, 0.29) is 29.5 Å². The zero-order valence-electron chi connectivity index (χ0n) is 15.1. The molecule has 2 amide bonds. The number of ether oxygens (including phenoxy) is 1. The number of rotatable bonds is 6. The number of aryl methyl sites for hydroxylation is 1. The zero-order valence-corrected chi connectivity index (χ0v) is 16.6. The number of hydrogen-bond acceptors (Lipinski definition) is 5. The van der Waals surface area contributed by atoms with Gasteiger partial charge in [-0.15, -0.1) is 0 Å². The van der Waals surface area contributed by atoms with E-state index < -0.39 is 0 Å². The molecule has 1 heterocycles. The monoisotopic (exact) mass is 420 g/mol. The minimum Gasteiger partial charge on any atom is -0.484 e. The molecule has 1 aromatic carbocycles. The largest absolute Gasteiger partial charge is 0.484 e. The van der Waals surface area contributed by atoms with E-state index in [0.29, 0.717) is 40.8 Å². The number of nitrogens with one attached hydrogen (secondary N) is 2. The Morgan fingerprint density at radius 3 is 2.43 bits per heavy atom. The molecule has 2 aromatic rings. The minimum absolute atomic E-state index is 0.113. The van der Waals surface area contributed by atoms with E-state index in [1.165, 1.54) is 6.20 Å². The molecule has 146 valence electrons. The summed E-state index contributed by atoms with van der Waals surface area (Å²) in [7, 11) is 0. The van der Waals surface area contributed by atoms with Gasteiger partial charge in [0.05, 0.1) is 21.9 Å². The Labute approximate surface area is 171 Å². The van der Waals surface area contributed by atoms with Crippen molar-refractivity contribution in [1.29, 1.82) is 0 Å². The Morgan fingerprint density at radius 2 is 1.79 bits per heavy atom. The first-order valence-electron chi connectivity index (χ1n) is 8.78. The third kappa shape index (κ3) is 3.64. The lowest BCUT2D eigenvalue weighted by Gasteiger charge is -2.70. The molecule has 0 unspecified atom stereocenters. The second-order valence-electron chi connectivity index (χ2n) is 7.50. The number of carbonyl (C=O) groups excluding carboxylic acids is 2. The normalized spacial score (nSPS) is 24.5. The van der Waals surface area contributed by atoms with Gasteiger partial charge >= 0.3 is 0 Å². The first-order valence-corrected chi connectivity index (χ1v) is 9.54. The molecule has 0 aliphatic heterocycles. The summed E-state index contributed by atoms with van der Waals surface area (Å²) in [5, 5.41) is 6.81. The van der Waals surface area contributed by atoms with Crippen molar-refractivity contribution in [2.24, 2.45) is 0 Å². The van der Waals surface area contributed by atoms with E-state index in [9.17, 15) is 9.59 Å². The van der Waals surface area contributed by atoms with Gasteiger partial charge in [-0.2, -0.15) is 0 Å². The number of aromatic nitrogens is 2. The van der Waals surface area contributed by atoms with Crippen molar-refractivity contribution in [1.82, 2.24) is 20.6 Å². The van der Waals surface area contributed by atoms with E-state index in [1.807, 2.05) is 6.92 Å². The van der Waals surface area contributed by atoms with Gasteiger partial charge in [-0.3, -0.25) is 14.6 Å². The van der Waals surface area contributed by atoms with Crippen LogP contribution in [-0.2, 0) is 4.79 Å². The van der Waals surface area contributed by atoms with E-state index in [2.05, 4.69) is 20.6 Å². The number of halogens is 2. The molecule has 0 saturated heterocycles. The summed E-state index contributed by atoms with van der Waals surface area (Å²) in [5.74, 6) is 0.0234. The minimum atomic E-state index is -0.262. The fourth-order valence-corrected chi connectivity index (χ4v) is 4.20. The third-order valence-electron chi connectivity index (χ3n) is 5.09. The van der Waals surface area contributed by atoms with Crippen molar-refractivity contribution in [3.05, 3.63) is 52.0 Å². The molecular weight excluding hydrogens is 403 g/mol. The van der Waals surface area contributed by atoms with Gasteiger partial charge in [0.25, 0.3) is 11.8 Å². The van der Waals surface area contributed by atoms with Crippen LogP contribution < -0.4 is 15.4 Å². The van der Waals surface area contributed by atoms with Crippen LogP contribution in [0.1, 0.15) is 35.4 Å². The fraction of sp³-hybridized carbons (Fsp3) is 0.368. The highest BCUT2D eigenvalue weighted by Gasteiger charge is 2.69. The molecule has 2 N–H and O–H groups in total. The van der Waals surface area contributed by atoms with E-state index in [4.69, 9.17) is 27.9 Å². The molecule has 3 fully saturated rings. The van der Waals surface area contributed by atoms with Crippen LogP contribution in [0.4, 0.5) is 0 Å². The Hall–Kier alpha value is -2.38. The molecule has 0 radical (unpaired) electrons. The summed E-state index contributed by atoms with van der Waals surface area (Å²) in [6.45, 7) is 1.70. The van der Waals surface area contributed by atoms with Gasteiger partial charge in [0, 0.05) is 23.3 Å². The maximum absolute atomic E-state index is 12.3. The zero-order chi connectivity index (χ0) is 19.9. The summed E-state index contributed by atoms with van der Waals surface area (Å²) < 4.78 is 5.45. The van der Waals surface area contributed by atoms with Crippen LogP contribution in [0.15, 0.2) is 30.6 Å². The van der Waals surface area contributed by atoms with E-state index in [1.54, 1.807) is 24.4 Å². The fourth-order valence-electron chi connectivity index (χ4n) is 3.92. The van der Waals surface area contributed by atoms with Gasteiger partial charge in [-0.05, 0) is 38.3 Å². The van der Waals surface area contributed by atoms with Crippen LogP contribution in [0.5, 0.6) is 5.75 Å². The predicted octanol–water partition coefficient (Wildman–Crippen LogP) is 2.69. The van der Waals surface area contributed by atoms with Crippen molar-refractivity contribution < 1.29 is 14.3 Å². The molecule has 3 aliphatic carbocycles. The van der Waals surface area contributed by atoms with Crippen LogP contribution in [0.3, 0.4) is 0 Å². The lowest BCUT2D eigenvalue weighted by molar-refractivity contribution is -0.141. The molecule has 2 bridgehead atoms. The number of benzene rings is 1. The van der Waals surface area contributed by atoms with Gasteiger partial charge in [-0.1, -0.05) is 23.2 Å². The molecule has 3 saturated carbocycles. The predicted molar refractivity (Wildman–Crippen MR) is 104 cm³/mol. The van der Waals surface area contributed by atoms with Crippen molar-refractivity contribution in [2.75, 3.05) is 6.61 Å². The molecule has 9 heteroatoms. The second kappa shape index (κ2) is 6.90. The van der Waals surface area contributed by atoms with Crippen molar-refractivity contribution in [3.63, 3.8) is 0 Å². The van der Waals surface area contributed by atoms with Crippen molar-refractivity contribution in [2.45, 2.75) is 37.3 Å². The molecule has 0 atom stereocenters. The average Bonchev–Trinajstić information content (AvgIpc) is 2.60. The average molecular weight is 421 g/mol. The lowest BCUT2D eigenvalue weighted by Crippen LogP contribution is -2.84.